The lowest BCUT2D eigenvalue weighted by Crippen LogP contribution is -2.39. The molecule has 0 aromatic carbocycles. The third-order valence-electron chi connectivity index (χ3n) is 1.79. The predicted octanol–water partition coefficient (Wildman–Crippen LogP) is 1.10. The molecule has 0 bridgehead atoms. The molecular formula is C8H13NOS. The van der Waals surface area contributed by atoms with Gasteiger partial charge in [0.15, 0.2) is 0 Å². The second kappa shape index (κ2) is 3.43. The molecule has 2 unspecified atom stereocenters. The minimum Gasteiger partial charge on any atom is -0.598 e. The molecule has 0 spiro atoms. The van der Waals surface area contributed by atoms with Crippen LogP contribution >= 0.6 is 0 Å². The van der Waals surface area contributed by atoms with Crippen LogP contribution in [0.5, 0.6) is 0 Å². The Labute approximate surface area is 70.9 Å². The number of rotatable bonds is 1. The molecule has 1 aliphatic rings. The van der Waals surface area contributed by atoms with Gasteiger partial charge in [-0.15, -0.1) is 10.9 Å². The van der Waals surface area contributed by atoms with E-state index < -0.39 is 11.4 Å². The first-order chi connectivity index (χ1) is 5.15. The van der Waals surface area contributed by atoms with Crippen LogP contribution in [0.1, 0.15) is 6.92 Å². The Balaban J connectivity index is 2.77. The summed E-state index contributed by atoms with van der Waals surface area (Å²) in [7, 11) is 1.85. The second-order valence-corrected chi connectivity index (χ2v) is 4.26. The van der Waals surface area contributed by atoms with E-state index in [1.165, 1.54) is 5.57 Å². The van der Waals surface area contributed by atoms with Crippen LogP contribution in [-0.2, 0) is 11.4 Å². The fourth-order valence-corrected chi connectivity index (χ4v) is 2.20. The predicted molar refractivity (Wildman–Crippen MR) is 48.5 cm³/mol. The number of hydrogen-bond donors (Lipinski definition) is 0. The van der Waals surface area contributed by atoms with Crippen LogP contribution in [0.4, 0.5) is 0 Å². The Kier molecular flexibility index (Phi) is 2.76. The Morgan fingerprint density at radius 3 is 3.09 bits per heavy atom. The molecule has 0 fully saturated rings. The van der Waals surface area contributed by atoms with E-state index in [0.717, 1.165) is 0 Å². The van der Waals surface area contributed by atoms with Crippen molar-refractivity contribution in [3.63, 3.8) is 0 Å². The highest BCUT2D eigenvalue weighted by atomic mass is 32.2. The van der Waals surface area contributed by atoms with Crippen molar-refractivity contribution in [2.45, 2.75) is 13.0 Å². The molecule has 1 heterocycles. The Morgan fingerprint density at radius 2 is 2.55 bits per heavy atom. The van der Waals surface area contributed by atoms with Gasteiger partial charge in [-0.3, -0.25) is 0 Å². The van der Waals surface area contributed by atoms with Gasteiger partial charge in [-0.1, -0.05) is 12.2 Å². The molecule has 2 nitrogen and oxygen atoms in total. The largest absolute Gasteiger partial charge is 0.598 e. The van der Waals surface area contributed by atoms with Gasteiger partial charge in [-0.25, -0.2) is 0 Å². The normalized spacial score (nSPS) is 33.2. The summed E-state index contributed by atoms with van der Waals surface area (Å²) >= 11 is -0.851. The molecule has 0 saturated heterocycles. The first kappa shape index (κ1) is 8.84. The topological polar surface area (TPSA) is 26.3 Å². The van der Waals surface area contributed by atoms with E-state index in [0.29, 0.717) is 5.75 Å². The molecule has 62 valence electrons. The molecule has 11 heavy (non-hydrogen) atoms. The molecule has 0 aliphatic carbocycles. The molecule has 0 amide bonds. The lowest BCUT2D eigenvalue weighted by Gasteiger charge is -2.29. The highest BCUT2D eigenvalue weighted by molar-refractivity contribution is 7.89. The fourth-order valence-electron chi connectivity index (χ4n) is 1.09. The third kappa shape index (κ3) is 1.86. The van der Waals surface area contributed by atoms with Gasteiger partial charge in [0.25, 0.3) is 0 Å². The van der Waals surface area contributed by atoms with Gasteiger partial charge in [-0.2, -0.15) is 0 Å². The van der Waals surface area contributed by atoms with E-state index in [-0.39, 0.29) is 6.04 Å². The summed E-state index contributed by atoms with van der Waals surface area (Å²) in [4.78, 5) is 0. The van der Waals surface area contributed by atoms with E-state index >= 15 is 0 Å². The second-order valence-electron chi connectivity index (χ2n) is 2.75. The smallest absolute Gasteiger partial charge is 0.146 e. The lowest BCUT2D eigenvalue weighted by molar-refractivity contribution is 0.452. The summed E-state index contributed by atoms with van der Waals surface area (Å²) in [5.74, 6) is 0.668. The SMILES string of the molecule is C=CC1C=C(C)C[S+]([O-])N1C. The minimum atomic E-state index is -0.851. The zero-order valence-electron chi connectivity index (χ0n) is 6.91. The van der Waals surface area contributed by atoms with Gasteiger partial charge in [0.05, 0.1) is 6.04 Å². The molecule has 3 heteroatoms. The number of nitrogens with zero attached hydrogens (tertiary/aromatic N) is 1. The van der Waals surface area contributed by atoms with Gasteiger partial charge >= 0.3 is 0 Å². The summed E-state index contributed by atoms with van der Waals surface area (Å²) in [6.45, 7) is 5.68. The van der Waals surface area contributed by atoms with Crippen LogP contribution < -0.4 is 0 Å². The Hall–Kier alpha value is -0.250. The van der Waals surface area contributed by atoms with E-state index in [4.69, 9.17) is 0 Å². The van der Waals surface area contributed by atoms with Crippen molar-refractivity contribution in [2.24, 2.45) is 0 Å². The zero-order chi connectivity index (χ0) is 8.43. The highest BCUT2D eigenvalue weighted by Gasteiger charge is 2.25. The monoisotopic (exact) mass is 171 g/mol. The van der Waals surface area contributed by atoms with E-state index in [2.05, 4.69) is 12.7 Å². The fraction of sp³-hybridized carbons (Fsp3) is 0.500. The van der Waals surface area contributed by atoms with Crippen LogP contribution in [0.25, 0.3) is 0 Å². The highest BCUT2D eigenvalue weighted by Crippen LogP contribution is 2.17. The van der Waals surface area contributed by atoms with Gasteiger partial charge < -0.3 is 4.55 Å². The van der Waals surface area contributed by atoms with Crippen molar-refractivity contribution in [1.82, 2.24) is 4.31 Å². The van der Waals surface area contributed by atoms with E-state index in [9.17, 15) is 4.55 Å². The minimum absolute atomic E-state index is 0.143. The van der Waals surface area contributed by atoms with Crippen LogP contribution in [0, 0.1) is 0 Å². The average molecular weight is 171 g/mol. The molecule has 2 atom stereocenters. The molecule has 1 aliphatic heterocycles. The lowest BCUT2D eigenvalue weighted by atomic mass is 10.2. The molecule has 0 N–H and O–H groups in total. The molecule has 1 rings (SSSR count). The maximum absolute atomic E-state index is 11.3. The van der Waals surface area contributed by atoms with Crippen molar-refractivity contribution in [2.75, 3.05) is 12.8 Å². The molecule has 0 aromatic heterocycles. The average Bonchev–Trinajstić information content (AvgIpc) is 1.96. The van der Waals surface area contributed by atoms with Crippen molar-refractivity contribution in [3.05, 3.63) is 24.3 Å². The summed E-state index contributed by atoms with van der Waals surface area (Å²) in [6, 6.07) is 0.143. The molecule has 0 saturated carbocycles. The van der Waals surface area contributed by atoms with Gasteiger partial charge in [-0.05, 0) is 12.5 Å². The van der Waals surface area contributed by atoms with Gasteiger partial charge in [0.2, 0.25) is 0 Å². The number of likely N-dealkylation sites (N-methyl/N-ethyl adjacent to an activating group) is 1. The molecular weight excluding hydrogens is 158 g/mol. The van der Waals surface area contributed by atoms with Crippen LogP contribution in [-0.4, -0.2) is 27.7 Å². The van der Waals surface area contributed by atoms with Gasteiger partial charge in [0, 0.05) is 18.4 Å². The number of hydrogen-bond acceptors (Lipinski definition) is 2. The Morgan fingerprint density at radius 1 is 1.91 bits per heavy atom. The van der Waals surface area contributed by atoms with Crippen molar-refractivity contribution in [3.8, 4) is 0 Å². The summed E-state index contributed by atoms with van der Waals surface area (Å²) in [5.41, 5.74) is 1.19. The zero-order valence-corrected chi connectivity index (χ0v) is 7.73. The summed E-state index contributed by atoms with van der Waals surface area (Å²) in [5, 5.41) is 0. The van der Waals surface area contributed by atoms with Crippen LogP contribution in [0.2, 0.25) is 0 Å². The molecule has 0 aromatic rings. The first-order valence-corrected chi connectivity index (χ1v) is 4.84. The standard InChI is InChI=1S/C8H13NOS/c1-4-8-5-7(2)6-11(10)9(8)3/h4-5,8H,1,6H2,2-3H3. The van der Waals surface area contributed by atoms with Crippen molar-refractivity contribution < 1.29 is 4.55 Å². The van der Waals surface area contributed by atoms with Crippen LogP contribution in [0.15, 0.2) is 24.3 Å². The van der Waals surface area contributed by atoms with Crippen molar-refractivity contribution in [1.29, 1.82) is 0 Å². The maximum atomic E-state index is 11.3. The van der Waals surface area contributed by atoms with E-state index in [1.807, 2.05) is 18.3 Å². The summed E-state index contributed by atoms with van der Waals surface area (Å²) in [6.07, 6.45) is 3.90. The third-order valence-corrected chi connectivity index (χ3v) is 3.38. The Bertz CT molecular complexity index is 191. The van der Waals surface area contributed by atoms with Crippen LogP contribution in [0.3, 0.4) is 0 Å². The summed E-state index contributed by atoms with van der Waals surface area (Å²) < 4.78 is 13.1. The van der Waals surface area contributed by atoms with Crippen molar-refractivity contribution >= 4 is 11.4 Å². The maximum Gasteiger partial charge on any atom is 0.146 e. The first-order valence-electron chi connectivity index (χ1n) is 3.56. The van der Waals surface area contributed by atoms with Gasteiger partial charge in [0.1, 0.15) is 5.75 Å². The van der Waals surface area contributed by atoms with E-state index in [1.54, 1.807) is 6.08 Å². The molecule has 0 radical (unpaired) electrons. The quantitative estimate of drug-likeness (QED) is 0.436.